The number of hydrogen-bond acceptors (Lipinski definition) is 6. The minimum atomic E-state index is -0.572. The molecule has 9 heteroatoms. The molecule has 1 fully saturated rings. The molecule has 248 valence electrons. The molecule has 47 heavy (non-hydrogen) atoms. The van der Waals surface area contributed by atoms with Crippen LogP contribution in [0.25, 0.3) is 22.2 Å². The molecule has 3 heterocycles. The van der Waals surface area contributed by atoms with Crippen molar-refractivity contribution in [3.8, 4) is 22.8 Å². The van der Waals surface area contributed by atoms with E-state index in [0.717, 1.165) is 34.9 Å². The molecule has 0 spiro atoms. The lowest BCUT2D eigenvalue weighted by molar-refractivity contribution is 0.135. The molecule has 3 aromatic carbocycles. The maximum atomic E-state index is 13.8. The summed E-state index contributed by atoms with van der Waals surface area (Å²) in [5.41, 5.74) is 9.74. The van der Waals surface area contributed by atoms with Crippen molar-refractivity contribution in [1.29, 1.82) is 0 Å². The highest BCUT2D eigenvalue weighted by Crippen LogP contribution is 2.50. The maximum Gasteiger partial charge on any atom is 0.349 e. The number of anilines is 1. The predicted molar refractivity (Wildman–Crippen MR) is 192 cm³/mol. The lowest BCUT2D eigenvalue weighted by Gasteiger charge is -2.39. The first-order chi connectivity index (χ1) is 22.7. The molecule has 1 saturated carbocycles. The molecule has 3 aliphatic rings. The Bertz CT molecular complexity index is 1750. The number of benzene rings is 3. The first-order valence-electron chi connectivity index (χ1n) is 17.0. The van der Waals surface area contributed by atoms with Crippen LogP contribution in [0.3, 0.4) is 0 Å². The standard InChI is InChI=1S/C38H47N5O3S/c1-25-28-22-42-32-21-29(41(4)37(44)43(47-5)40-38(2,3)39-25)19-20-30(32)34(27-15-10-7-11-16-27)35(42)31-17-12-18-33(36(31)46-24-28)45-23-26-13-8-6-9-14-26/h6,8-9,12-14,17-21,25,27-28,39-40H,7,10-11,15-16,22-24H2,1-5H3/t25?,28-/m0/s1. The fraction of sp³-hybridized carbons (Fsp3) is 0.447. The van der Waals surface area contributed by atoms with Crippen molar-refractivity contribution in [1.82, 2.24) is 19.7 Å². The van der Waals surface area contributed by atoms with Crippen LogP contribution in [0, 0.1) is 5.92 Å². The quantitative estimate of drug-likeness (QED) is 0.211. The van der Waals surface area contributed by atoms with Gasteiger partial charge in [-0.25, -0.2) is 10.2 Å². The normalized spacial score (nSPS) is 21.8. The molecule has 1 unspecified atom stereocenters. The number of carbonyl (C=O) groups excluding carboxylic acids is 1. The molecule has 8 nitrogen and oxygen atoms in total. The molecule has 2 aliphatic heterocycles. The molecule has 2 atom stereocenters. The number of nitrogens with zero attached hydrogens (tertiary/aromatic N) is 3. The van der Waals surface area contributed by atoms with Crippen LogP contribution in [0.2, 0.25) is 0 Å². The van der Waals surface area contributed by atoms with E-state index in [4.69, 9.17) is 9.47 Å². The molecule has 0 radical (unpaired) electrons. The molecule has 4 aromatic rings. The van der Waals surface area contributed by atoms with Crippen molar-refractivity contribution in [2.24, 2.45) is 5.92 Å². The Morgan fingerprint density at radius 2 is 1.81 bits per heavy atom. The van der Waals surface area contributed by atoms with E-state index in [0.29, 0.717) is 19.1 Å². The lowest BCUT2D eigenvalue weighted by Crippen LogP contribution is -2.63. The second-order valence-corrected chi connectivity index (χ2v) is 14.6. The van der Waals surface area contributed by atoms with Gasteiger partial charge >= 0.3 is 6.03 Å². The van der Waals surface area contributed by atoms with Crippen molar-refractivity contribution in [2.45, 2.75) is 83.6 Å². The molecular formula is C38H47N5O3S. The van der Waals surface area contributed by atoms with Crippen LogP contribution in [0.5, 0.6) is 11.5 Å². The summed E-state index contributed by atoms with van der Waals surface area (Å²) >= 11 is 1.37. The Morgan fingerprint density at radius 1 is 1.02 bits per heavy atom. The zero-order chi connectivity index (χ0) is 32.7. The number of hydrazine groups is 1. The van der Waals surface area contributed by atoms with E-state index in [2.05, 4.69) is 78.5 Å². The van der Waals surface area contributed by atoms with Gasteiger partial charge in [0.1, 0.15) is 6.61 Å². The third kappa shape index (κ3) is 6.21. The third-order valence-electron chi connectivity index (χ3n) is 10.1. The summed E-state index contributed by atoms with van der Waals surface area (Å²) in [5, 5.41) is 5.08. The van der Waals surface area contributed by atoms with E-state index in [-0.39, 0.29) is 18.0 Å². The van der Waals surface area contributed by atoms with Crippen molar-refractivity contribution < 1.29 is 14.3 Å². The van der Waals surface area contributed by atoms with Crippen LogP contribution < -0.4 is 25.1 Å². The van der Waals surface area contributed by atoms with Crippen LogP contribution in [0.15, 0.2) is 66.7 Å². The average Bonchev–Trinajstić information content (AvgIpc) is 3.39. The van der Waals surface area contributed by atoms with Gasteiger partial charge in [0.25, 0.3) is 0 Å². The number of ether oxygens (including phenoxy) is 2. The number of nitrogens with one attached hydrogen (secondary N) is 2. The first kappa shape index (κ1) is 31.9. The van der Waals surface area contributed by atoms with Crippen LogP contribution in [0.1, 0.15) is 69.9 Å². The summed E-state index contributed by atoms with van der Waals surface area (Å²) < 4.78 is 17.6. The van der Waals surface area contributed by atoms with E-state index in [1.807, 2.05) is 37.6 Å². The molecule has 4 bridgehead atoms. The molecular weight excluding hydrogens is 607 g/mol. The Hall–Kier alpha value is -3.66. The number of fused-ring (bicyclic) bond motifs is 4. The highest BCUT2D eigenvalue weighted by atomic mass is 32.2. The van der Waals surface area contributed by atoms with Crippen molar-refractivity contribution in [2.75, 3.05) is 24.8 Å². The zero-order valence-electron chi connectivity index (χ0n) is 28.2. The lowest BCUT2D eigenvalue weighted by atomic mass is 9.81. The fourth-order valence-corrected chi connectivity index (χ4v) is 8.33. The van der Waals surface area contributed by atoms with Crippen LogP contribution in [-0.2, 0) is 13.2 Å². The van der Waals surface area contributed by atoms with Gasteiger partial charge in [-0.15, -0.1) is 0 Å². The summed E-state index contributed by atoms with van der Waals surface area (Å²) in [4.78, 5) is 15.6. The van der Waals surface area contributed by atoms with Crippen molar-refractivity contribution >= 4 is 34.6 Å². The molecule has 1 aromatic heterocycles. The highest BCUT2D eigenvalue weighted by Gasteiger charge is 2.36. The smallest absolute Gasteiger partial charge is 0.349 e. The summed E-state index contributed by atoms with van der Waals surface area (Å²) in [6.45, 7) is 8.16. The number of urea groups is 1. The van der Waals surface area contributed by atoms with Crippen LogP contribution in [0.4, 0.5) is 10.5 Å². The van der Waals surface area contributed by atoms with E-state index in [1.54, 1.807) is 9.31 Å². The number of carbonyl (C=O) groups is 1. The SMILES string of the molecule is CSN1NC(C)(C)NC(C)[C@@H]2COc3c(OCc4ccccc4)cccc3-c3c(C4CCCCC4)c4ccc(cc4n3C2)N(C)C1=O. The Morgan fingerprint density at radius 3 is 2.57 bits per heavy atom. The molecule has 1 aliphatic carbocycles. The fourth-order valence-electron chi connectivity index (χ4n) is 7.73. The monoisotopic (exact) mass is 653 g/mol. The average molecular weight is 654 g/mol. The van der Waals surface area contributed by atoms with Crippen LogP contribution >= 0.6 is 11.9 Å². The number of hydrogen-bond donors (Lipinski definition) is 2. The summed E-state index contributed by atoms with van der Waals surface area (Å²) in [7, 11) is 1.86. The Labute approximate surface area is 282 Å². The minimum Gasteiger partial charge on any atom is -0.489 e. The van der Waals surface area contributed by atoms with E-state index >= 15 is 0 Å². The van der Waals surface area contributed by atoms with Gasteiger partial charge in [-0.3, -0.25) is 10.2 Å². The zero-order valence-corrected chi connectivity index (χ0v) is 29.0. The Balaban J connectivity index is 1.45. The van der Waals surface area contributed by atoms with Gasteiger partial charge in [-0.1, -0.05) is 61.7 Å². The van der Waals surface area contributed by atoms with Gasteiger partial charge in [0.2, 0.25) is 0 Å². The van der Waals surface area contributed by atoms with Crippen LogP contribution in [-0.4, -0.2) is 46.6 Å². The van der Waals surface area contributed by atoms with Gasteiger partial charge in [0.05, 0.1) is 23.5 Å². The van der Waals surface area contributed by atoms with E-state index in [9.17, 15) is 4.79 Å². The summed E-state index contributed by atoms with van der Waals surface area (Å²) in [6, 6.07) is 23.2. The van der Waals surface area contributed by atoms with Gasteiger partial charge in [-0.2, -0.15) is 4.41 Å². The summed E-state index contributed by atoms with van der Waals surface area (Å²) in [6.07, 6.45) is 8.05. The highest BCUT2D eigenvalue weighted by molar-refractivity contribution is 7.96. The number of para-hydroxylation sites is 1. The van der Waals surface area contributed by atoms with Gasteiger partial charge in [0.15, 0.2) is 11.5 Å². The molecule has 0 saturated heterocycles. The van der Waals surface area contributed by atoms with Gasteiger partial charge in [0, 0.05) is 48.4 Å². The largest absolute Gasteiger partial charge is 0.489 e. The maximum absolute atomic E-state index is 13.8. The summed E-state index contributed by atoms with van der Waals surface area (Å²) in [5.74, 6) is 2.15. The molecule has 2 N–H and O–H groups in total. The molecule has 2 amide bonds. The topological polar surface area (TPSA) is 71.0 Å². The second-order valence-electron chi connectivity index (χ2n) is 13.9. The predicted octanol–water partition coefficient (Wildman–Crippen LogP) is 8.31. The van der Waals surface area contributed by atoms with E-state index in [1.165, 1.54) is 66.2 Å². The van der Waals surface area contributed by atoms with Gasteiger partial charge < -0.3 is 14.0 Å². The van der Waals surface area contributed by atoms with Gasteiger partial charge in [-0.05, 0) is 86.9 Å². The number of rotatable bonds is 5. The van der Waals surface area contributed by atoms with E-state index < -0.39 is 5.66 Å². The third-order valence-corrected chi connectivity index (χ3v) is 10.8. The second kappa shape index (κ2) is 13.1. The minimum absolute atomic E-state index is 0.0559. The first-order valence-corrected chi connectivity index (χ1v) is 18.2. The number of aromatic nitrogens is 1. The van der Waals surface area contributed by atoms with Crippen molar-refractivity contribution in [3.63, 3.8) is 0 Å². The molecule has 7 rings (SSSR count). The van der Waals surface area contributed by atoms with Crippen molar-refractivity contribution in [3.05, 3.63) is 77.9 Å². The Kier molecular flexibility index (Phi) is 8.89. The number of amides is 2.